The Morgan fingerprint density at radius 1 is 0.771 bits per heavy atom. The lowest BCUT2D eigenvalue weighted by atomic mass is 10.1. The normalized spacial score (nSPS) is 11.9. The van der Waals surface area contributed by atoms with Gasteiger partial charge in [-0.2, -0.15) is 0 Å². The minimum atomic E-state index is -0.0913. The van der Waals surface area contributed by atoms with Crippen molar-refractivity contribution in [2.24, 2.45) is 0 Å². The van der Waals surface area contributed by atoms with Crippen LogP contribution in [0.5, 0.6) is 0 Å². The number of unbranched alkanes of at least 4 members (excludes halogenated alkanes) is 11. The maximum Gasteiger partial charge on any atom is 0.305 e. The Morgan fingerprint density at radius 2 is 1.37 bits per heavy atom. The molecule has 0 radical (unpaired) electrons. The average Bonchev–Trinajstić information content (AvgIpc) is 2.84. The quantitative estimate of drug-likeness (QED) is 0.0680. The van der Waals surface area contributed by atoms with Crippen LogP contribution in [0.4, 0.5) is 0 Å². The molecule has 1 rings (SSSR count). The first-order valence-electron chi connectivity index (χ1n) is 14.3. The van der Waals surface area contributed by atoms with Crippen LogP contribution in [0.1, 0.15) is 102 Å². The molecule has 0 heterocycles. The highest BCUT2D eigenvalue weighted by atomic mass is 16.6. The molecule has 0 saturated carbocycles. The molecular weight excluding hydrogens is 434 g/mol. The average molecular weight is 489 g/mol. The number of esters is 1. The summed E-state index contributed by atoms with van der Waals surface area (Å²) in [5.41, 5.74) is 1.34. The summed E-state index contributed by atoms with van der Waals surface area (Å²) in [5, 5.41) is 0. The van der Waals surface area contributed by atoms with Crippen molar-refractivity contribution in [3.63, 3.8) is 0 Å². The summed E-state index contributed by atoms with van der Waals surface area (Å²) in [4.78, 5) is 11.9. The number of allylic oxidation sites excluding steroid dienone is 2. The number of benzene rings is 1. The lowest BCUT2D eigenvalue weighted by Gasteiger charge is -2.29. The van der Waals surface area contributed by atoms with Crippen LogP contribution in [0, 0.1) is 0 Å². The highest BCUT2D eigenvalue weighted by molar-refractivity contribution is 5.69. The van der Waals surface area contributed by atoms with Gasteiger partial charge in [-0.15, -0.1) is 0 Å². The van der Waals surface area contributed by atoms with Crippen molar-refractivity contribution in [3.05, 3.63) is 48.0 Å². The third kappa shape index (κ3) is 20.3. The summed E-state index contributed by atoms with van der Waals surface area (Å²) in [7, 11) is 4.43. The highest BCUT2D eigenvalue weighted by Crippen LogP contribution is 2.11. The summed E-state index contributed by atoms with van der Waals surface area (Å²) < 4.78 is 11.9. The Balaban J connectivity index is 1.85. The van der Waals surface area contributed by atoms with Crippen LogP contribution >= 0.6 is 0 Å². The topological polar surface area (TPSA) is 35.5 Å². The van der Waals surface area contributed by atoms with E-state index >= 15 is 0 Å². The third-order valence-corrected chi connectivity index (χ3v) is 6.43. The van der Waals surface area contributed by atoms with Gasteiger partial charge in [0.2, 0.25) is 0 Å². The van der Waals surface area contributed by atoms with Crippen molar-refractivity contribution in [2.45, 2.75) is 103 Å². The number of carbonyl (C=O) groups is 1. The molecule has 0 N–H and O–H groups in total. The Hall–Kier alpha value is -1.65. The fourth-order valence-electron chi connectivity index (χ4n) is 4.20. The van der Waals surface area contributed by atoms with E-state index in [9.17, 15) is 4.79 Å². The summed E-state index contributed by atoms with van der Waals surface area (Å²) in [6, 6.07) is 10.5. The van der Waals surface area contributed by atoms with Crippen LogP contribution in [-0.4, -0.2) is 50.9 Å². The lowest BCUT2D eigenvalue weighted by molar-refractivity contribution is -0.904. The van der Waals surface area contributed by atoms with Gasteiger partial charge in [-0.25, -0.2) is 0 Å². The number of carbonyl (C=O) groups excluding carboxylic acids is 1. The number of quaternary nitrogens is 1. The first-order chi connectivity index (χ1) is 17.0. The minimum Gasteiger partial charge on any atom is -0.463 e. The van der Waals surface area contributed by atoms with Gasteiger partial charge in [0.05, 0.1) is 27.3 Å². The zero-order chi connectivity index (χ0) is 25.5. The summed E-state index contributed by atoms with van der Waals surface area (Å²) in [5.74, 6) is -0.0913. The third-order valence-electron chi connectivity index (χ3n) is 6.43. The number of hydrogen-bond acceptors (Lipinski definition) is 3. The maximum atomic E-state index is 11.9. The highest BCUT2D eigenvalue weighted by Gasteiger charge is 2.15. The fraction of sp³-hybridized carbons (Fsp3) is 0.710. The van der Waals surface area contributed by atoms with E-state index in [-0.39, 0.29) is 5.97 Å². The SMILES string of the molecule is CCCCCCCC/C=C\CCCCCCCC(=O)OCCOCC[N+](C)(C)Cc1ccccc1. The molecule has 1 aromatic carbocycles. The molecular formula is C31H54NO3+. The van der Waals surface area contributed by atoms with Crippen LogP contribution in [0.2, 0.25) is 0 Å². The second kappa shape index (κ2) is 21.6. The Kier molecular flexibility index (Phi) is 19.4. The number of nitrogens with zero attached hydrogens (tertiary/aromatic N) is 1. The van der Waals surface area contributed by atoms with Crippen LogP contribution in [0.3, 0.4) is 0 Å². The van der Waals surface area contributed by atoms with Crippen molar-refractivity contribution in [1.82, 2.24) is 0 Å². The van der Waals surface area contributed by atoms with Gasteiger partial charge in [-0.3, -0.25) is 4.79 Å². The second-order valence-corrected chi connectivity index (χ2v) is 10.5. The molecule has 200 valence electrons. The molecule has 1 aromatic rings. The number of rotatable bonds is 23. The van der Waals surface area contributed by atoms with Crippen molar-refractivity contribution in [1.29, 1.82) is 0 Å². The standard InChI is InChI=1S/C31H54NO3/c1-4-5-6-7-8-9-10-11-12-13-14-15-16-17-21-24-31(33)35-28-27-34-26-25-32(2,3)29-30-22-19-18-20-23-30/h11-12,18-20,22-23H,4-10,13-17,21,24-29H2,1-3H3/q+1/b12-11-. The van der Waals surface area contributed by atoms with Crippen LogP contribution in [0.25, 0.3) is 0 Å². The molecule has 0 fully saturated rings. The predicted octanol–water partition coefficient (Wildman–Crippen LogP) is 7.86. The van der Waals surface area contributed by atoms with Crippen molar-refractivity contribution in [3.8, 4) is 0 Å². The molecule has 0 spiro atoms. The predicted molar refractivity (Wildman–Crippen MR) is 148 cm³/mol. The Bertz CT molecular complexity index is 642. The molecule has 0 aromatic heterocycles. The van der Waals surface area contributed by atoms with Gasteiger partial charge in [0.25, 0.3) is 0 Å². The van der Waals surface area contributed by atoms with Gasteiger partial charge in [0.1, 0.15) is 19.7 Å². The van der Waals surface area contributed by atoms with Crippen LogP contribution < -0.4 is 0 Å². The van der Waals surface area contributed by atoms with E-state index < -0.39 is 0 Å². The van der Waals surface area contributed by atoms with Crippen molar-refractivity contribution in [2.75, 3.05) is 40.5 Å². The molecule has 0 unspecified atom stereocenters. The number of ether oxygens (including phenoxy) is 2. The first-order valence-corrected chi connectivity index (χ1v) is 14.3. The van der Waals surface area contributed by atoms with Crippen LogP contribution in [-0.2, 0) is 20.8 Å². The smallest absolute Gasteiger partial charge is 0.305 e. The van der Waals surface area contributed by atoms with Crippen molar-refractivity contribution >= 4 is 5.97 Å². The molecule has 0 aliphatic carbocycles. The molecule has 4 nitrogen and oxygen atoms in total. The zero-order valence-corrected chi connectivity index (χ0v) is 23.1. The van der Waals surface area contributed by atoms with Crippen molar-refractivity contribution < 1.29 is 18.8 Å². The van der Waals surface area contributed by atoms with E-state index in [1.165, 1.54) is 76.2 Å². The largest absolute Gasteiger partial charge is 0.463 e. The van der Waals surface area contributed by atoms with E-state index in [0.29, 0.717) is 26.2 Å². The monoisotopic (exact) mass is 488 g/mol. The van der Waals surface area contributed by atoms with Gasteiger partial charge in [0, 0.05) is 12.0 Å². The Morgan fingerprint density at radius 3 is 2.03 bits per heavy atom. The molecule has 0 amide bonds. The summed E-state index contributed by atoms with van der Waals surface area (Å²) >= 11 is 0. The maximum absolute atomic E-state index is 11.9. The fourth-order valence-corrected chi connectivity index (χ4v) is 4.20. The van der Waals surface area contributed by atoms with E-state index in [4.69, 9.17) is 9.47 Å². The second-order valence-electron chi connectivity index (χ2n) is 10.5. The van der Waals surface area contributed by atoms with E-state index in [2.05, 4.69) is 57.4 Å². The van der Waals surface area contributed by atoms with Gasteiger partial charge < -0.3 is 14.0 Å². The molecule has 0 saturated heterocycles. The van der Waals surface area contributed by atoms with E-state index in [1.54, 1.807) is 0 Å². The first kappa shape index (κ1) is 31.4. The van der Waals surface area contributed by atoms with Gasteiger partial charge in [-0.05, 0) is 32.1 Å². The minimum absolute atomic E-state index is 0.0913. The Labute approximate surface area is 216 Å². The zero-order valence-electron chi connectivity index (χ0n) is 23.1. The summed E-state index contributed by atoms with van der Waals surface area (Å²) in [6.45, 7) is 5.68. The molecule has 0 aliphatic rings. The molecule has 0 aliphatic heterocycles. The summed E-state index contributed by atoms with van der Waals surface area (Å²) in [6.07, 6.45) is 21.7. The number of hydrogen-bond donors (Lipinski definition) is 0. The molecule has 4 heteroatoms. The van der Waals surface area contributed by atoms with Gasteiger partial charge in [0.15, 0.2) is 0 Å². The molecule has 35 heavy (non-hydrogen) atoms. The van der Waals surface area contributed by atoms with E-state index in [0.717, 1.165) is 30.4 Å². The van der Waals surface area contributed by atoms with Gasteiger partial charge >= 0.3 is 5.97 Å². The molecule has 0 atom stereocenters. The van der Waals surface area contributed by atoms with Crippen LogP contribution in [0.15, 0.2) is 42.5 Å². The van der Waals surface area contributed by atoms with E-state index in [1.807, 2.05) is 6.07 Å². The number of likely N-dealkylation sites (N-methyl/N-ethyl adjacent to an activating group) is 1. The molecule has 0 bridgehead atoms. The van der Waals surface area contributed by atoms with Gasteiger partial charge in [-0.1, -0.05) is 101 Å². The lowest BCUT2D eigenvalue weighted by Crippen LogP contribution is -2.41.